The van der Waals surface area contributed by atoms with Crippen LogP contribution in [-0.2, 0) is 4.79 Å². The van der Waals surface area contributed by atoms with Gasteiger partial charge < -0.3 is 4.74 Å². The fourth-order valence-electron chi connectivity index (χ4n) is 1.25. The van der Waals surface area contributed by atoms with E-state index in [0.717, 1.165) is 0 Å². The molecule has 0 aliphatic carbocycles. The minimum absolute atomic E-state index is 0.104. The van der Waals surface area contributed by atoms with Crippen molar-refractivity contribution in [2.24, 2.45) is 0 Å². The average Bonchev–Trinajstić information content (AvgIpc) is 2.19. The molecular formula is C12H16ClNO2. The quantitative estimate of drug-likeness (QED) is 0.743. The van der Waals surface area contributed by atoms with Gasteiger partial charge in [-0.25, -0.2) is 0 Å². The van der Waals surface area contributed by atoms with Gasteiger partial charge in [-0.15, -0.1) is 0 Å². The Labute approximate surface area is 101 Å². The zero-order valence-corrected chi connectivity index (χ0v) is 10.5. The van der Waals surface area contributed by atoms with E-state index in [0.29, 0.717) is 17.2 Å². The molecule has 0 heterocycles. The van der Waals surface area contributed by atoms with Crippen molar-refractivity contribution in [1.29, 1.82) is 0 Å². The van der Waals surface area contributed by atoms with E-state index in [1.807, 2.05) is 19.0 Å². The number of Topliss-reactive ketones (excluding diaryl/α,β-unsaturated/α-hetero) is 1. The number of benzene rings is 1. The first-order valence-electron chi connectivity index (χ1n) is 5.07. The highest BCUT2D eigenvalue weighted by Gasteiger charge is 2.15. The van der Waals surface area contributed by atoms with E-state index in [1.165, 1.54) is 0 Å². The lowest BCUT2D eigenvalue weighted by molar-refractivity contribution is -0.120. The first-order chi connectivity index (χ1) is 7.49. The molecule has 0 N–H and O–H groups in total. The fourth-order valence-corrected chi connectivity index (χ4v) is 1.37. The zero-order chi connectivity index (χ0) is 12.1. The maximum absolute atomic E-state index is 11.1. The predicted molar refractivity (Wildman–Crippen MR) is 64.9 cm³/mol. The third kappa shape index (κ3) is 4.21. The molecule has 1 unspecified atom stereocenters. The monoisotopic (exact) mass is 241 g/mol. The van der Waals surface area contributed by atoms with E-state index in [-0.39, 0.29) is 12.0 Å². The summed E-state index contributed by atoms with van der Waals surface area (Å²) >= 11 is 5.78. The van der Waals surface area contributed by atoms with Crippen molar-refractivity contribution < 1.29 is 9.53 Å². The lowest BCUT2D eigenvalue weighted by Crippen LogP contribution is -2.35. The van der Waals surface area contributed by atoms with Gasteiger partial charge in [0.15, 0.2) is 6.23 Å². The fraction of sp³-hybridized carbons (Fsp3) is 0.417. The molecule has 0 amide bonds. The molecular weight excluding hydrogens is 226 g/mol. The van der Waals surface area contributed by atoms with Gasteiger partial charge in [0, 0.05) is 5.02 Å². The number of ether oxygens (including phenoxy) is 1. The Morgan fingerprint density at radius 2 is 1.94 bits per heavy atom. The van der Waals surface area contributed by atoms with E-state index in [9.17, 15) is 4.79 Å². The standard InChI is InChI=1S/C12H16ClNO2/c1-9(15)8-12(14(2)3)16-11-6-4-10(13)5-7-11/h4-7,12H,8H2,1-3H3. The van der Waals surface area contributed by atoms with Crippen LogP contribution in [0.4, 0.5) is 0 Å². The minimum Gasteiger partial charge on any atom is -0.475 e. The molecule has 0 saturated carbocycles. The van der Waals surface area contributed by atoms with Gasteiger partial charge in [0.25, 0.3) is 0 Å². The topological polar surface area (TPSA) is 29.5 Å². The summed E-state index contributed by atoms with van der Waals surface area (Å²) in [7, 11) is 3.76. The molecule has 88 valence electrons. The Hall–Kier alpha value is -1.06. The normalized spacial score (nSPS) is 12.6. The van der Waals surface area contributed by atoms with Crippen LogP contribution in [0.15, 0.2) is 24.3 Å². The van der Waals surface area contributed by atoms with Crippen LogP contribution in [0.3, 0.4) is 0 Å². The Morgan fingerprint density at radius 3 is 2.38 bits per heavy atom. The Morgan fingerprint density at radius 1 is 1.38 bits per heavy atom. The maximum Gasteiger partial charge on any atom is 0.159 e. The number of nitrogens with zero attached hydrogens (tertiary/aromatic N) is 1. The Bertz CT molecular complexity index is 349. The summed E-state index contributed by atoms with van der Waals surface area (Å²) in [5, 5.41) is 0.667. The zero-order valence-electron chi connectivity index (χ0n) is 9.74. The molecule has 1 aromatic carbocycles. The molecule has 1 atom stereocenters. The summed E-state index contributed by atoms with van der Waals surface area (Å²) in [6.07, 6.45) is 0.133. The SMILES string of the molecule is CC(=O)CC(Oc1ccc(Cl)cc1)N(C)C. The number of halogens is 1. The summed E-state index contributed by atoms with van der Waals surface area (Å²) in [6.45, 7) is 1.56. The average molecular weight is 242 g/mol. The predicted octanol–water partition coefficient (Wildman–Crippen LogP) is 2.59. The van der Waals surface area contributed by atoms with Gasteiger partial charge in [0.2, 0.25) is 0 Å². The van der Waals surface area contributed by atoms with Crippen molar-refractivity contribution in [2.75, 3.05) is 14.1 Å². The van der Waals surface area contributed by atoms with E-state index < -0.39 is 0 Å². The van der Waals surface area contributed by atoms with E-state index in [2.05, 4.69) is 0 Å². The molecule has 0 saturated heterocycles. The van der Waals surface area contributed by atoms with Crippen LogP contribution in [0.2, 0.25) is 5.02 Å². The second kappa shape index (κ2) is 5.87. The number of hydrogen-bond donors (Lipinski definition) is 0. The highest BCUT2D eigenvalue weighted by molar-refractivity contribution is 6.30. The van der Waals surface area contributed by atoms with E-state index in [1.54, 1.807) is 31.2 Å². The second-order valence-corrected chi connectivity index (χ2v) is 4.33. The van der Waals surface area contributed by atoms with Crippen molar-refractivity contribution in [3.05, 3.63) is 29.3 Å². The molecule has 0 aliphatic rings. The molecule has 1 rings (SSSR count). The van der Waals surface area contributed by atoms with Crippen LogP contribution in [0, 0.1) is 0 Å². The number of carbonyl (C=O) groups is 1. The van der Waals surface area contributed by atoms with Crippen LogP contribution >= 0.6 is 11.6 Å². The Kier molecular flexibility index (Phi) is 4.77. The van der Waals surface area contributed by atoms with E-state index >= 15 is 0 Å². The molecule has 0 fully saturated rings. The van der Waals surface area contributed by atoms with Crippen LogP contribution in [0.5, 0.6) is 5.75 Å². The second-order valence-electron chi connectivity index (χ2n) is 3.90. The molecule has 0 spiro atoms. The summed E-state index contributed by atoms with van der Waals surface area (Å²) in [6, 6.07) is 7.10. The summed E-state index contributed by atoms with van der Waals surface area (Å²) < 4.78 is 5.69. The lowest BCUT2D eigenvalue weighted by atomic mass is 10.2. The Balaban J connectivity index is 2.67. The van der Waals surface area contributed by atoms with Crippen molar-refractivity contribution in [3.63, 3.8) is 0 Å². The maximum atomic E-state index is 11.1. The summed E-state index contributed by atoms with van der Waals surface area (Å²) in [4.78, 5) is 12.9. The van der Waals surface area contributed by atoms with Gasteiger partial charge in [-0.1, -0.05) is 11.6 Å². The van der Waals surface area contributed by atoms with Gasteiger partial charge in [-0.05, 0) is 45.3 Å². The first-order valence-corrected chi connectivity index (χ1v) is 5.45. The third-order valence-electron chi connectivity index (χ3n) is 2.12. The van der Waals surface area contributed by atoms with Crippen molar-refractivity contribution in [3.8, 4) is 5.75 Å². The lowest BCUT2D eigenvalue weighted by Gasteiger charge is -2.24. The molecule has 1 aromatic rings. The van der Waals surface area contributed by atoms with Gasteiger partial charge in [0.1, 0.15) is 11.5 Å². The van der Waals surface area contributed by atoms with Crippen molar-refractivity contribution in [2.45, 2.75) is 19.6 Å². The molecule has 3 nitrogen and oxygen atoms in total. The van der Waals surface area contributed by atoms with Gasteiger partial charge in [0.05, 0.1) is 6.42 Å². The van der Waals surface area contributed by atoms with Crippen LogP contribution in [0.25, 0.3) is 0 Å². The minimum atomic E-state index is -0.237. The summed E-state index contributed by atoms with van der Waals surface area (Å²) in [5.74, 6) is 0.817. The van der Waals surface area contributed by atoms with Gasteiger partial charge in [-0.3, -0.25) is 9.69 Å². The number of carbonyl (C=O) groups excluding carboxylic acids is 1. The highest BCUT2D eigenvalue weighted by Crippen LogP contribution is 2.18. The molecule has 0 aliphatic heterocycles. The van der Waals surface area contributed by atoms with Gasteiger partial charge >= 0.3 is 0 Å². The molecule has 4 heteroatoms. The number of hydrogen-bond acceptors (Lipinski definition) is 3. The molecule has 0 bridgehead atoms. The number of ketones is 1. The van der Waals surface area contributed by atoms with Crippen LogP contribution in [-0.4, -0.2) is 31.0 Å². The first kappa shape index (κ1) is 13.0. The van der Waals surface area contributed by atoms with Crippen molar-refractivity contribution >= 4 is 17.4 Å². The largest absolute Gasteiger partial charge is 0.475 e. The van der Waals surface area contributed by atoms with Crippen LogP contribution < -0.4 is 4.74 Å². The van der Waals surface area contributed by atoms with Crippen molar-refractivity contribution in [1.82, 2.24) is 4.90 Å². The summed E-state index contributed by atoms with van der Waals surface area (Å²) in [5.41, 5.74) is 0. The van der Waals surface area contributed by atoms with Crippen LogP contribution in [0.1, 0.15) is 13.3 Å². The van der Waals surface area contributed by atoms with Gasteiger partial charge in [-0.2, -0.15) is 0 Å². The smallest absolute Gasteiger partial charge is 0.159 e. The van der Waals surface area contributed by atoms with E-state index in [4.69, 9.17) is 16.3 Å². The highest BCUT2D eigenvalue weighted by atomic mass is 35.5. The molecule has 16 heavy (non-hydrogen) atoms. The third-order valence-corrected chi connectivity index (χ3v) is 2.38. The molecule has 0 radical (unpaired) electrons. The molecule has 0 aromatic heterocycles. The number of rotatable bonds is 5.